The number of hydrogen-bond acceptors (Lipinski definition) is 4. The van der Waals surface area contributed by atoms with Crippen LogP contribution >= 0.6 is 0 Å². The average molecular weight is 229 g/mol. The van der Waals surface area contributed by atoms with Gasteiger partial charge in [0.1, 0.15) is 6.07 Å². The fraction of sp³-hybridized carbons (Fsp3) is 0.462. The first kappa shape index (κ1) is 11.6. The van der Waals surface area contributed by atoms with Crippen LogP contribution in [0, 0.1) is 23.2 Å². The summed E-state index contributed by atoms with van der Waals surface area (Å²) in [7, 11) is 0. The molecule has 0 bridgehead atoms. The van der Waals surface area contributed by atoms with Crippen molar-refractivity contribution in [3.63, 3.8) is 0 Å². The van der Waals surface area contributed by atoms with Crippen molar-refractivity contribution in [3.05, 3.63) is 30.2 Å². The van der Waals surface area contributed by atoms with Crippen molar-refractivity contribution in [1.29, 1.82) is 5.26 Å². The highest BCUT2D eigenvalue weighted by molar-refractivity contribution is 5.29. The number of rotatable bonds is 3. The fourth-order valence-electron chi connectivity index (χ4n) is 1.93. The quantitative estimate of drug-likeness (QED) is 0.746. The van der Waals surface area contributed by atoms with Crippen LogP contribution in [0.3, 0.4) is 0 Å². The van der Waals surface area contributed by atoms with E-state index in [1.165, 1.54) is 6.20 Å². The van der Waals surface area contributed by atoms with E-state index in [2.05, 4.69) is 29.0 Å². The van der Waals surface area contributed by atoms with Gasteiger partial charge in [-0.25, -0.2) is 9.97 Å². The lowest BCUT2D eigenvalue weighted by Crippen LogP contribution is -2.21. The lowest BCUT2D eigenvalue weighted by atomic mass is 9.85. The number of nitriles is 1. The smallest absolute Gasteiger partial charge is 0.251 e. The van der Waals surface area contributed by atoms with Crippen molar-refractivity contribution < 1.29 is 4.74 Å². The molecule has 1 aromatic heterocycles. The Morgan fingerprint density at radius 2 is 2.12 bits per heavy atom. The molecule has 0 radical (unpaired) electrons. The summed E-state index contributed by atoms with van der Waals surface area (Å²) in [6.07, 6.45) is 9.57. The summed E-state index contributed by atoms with van der Waals surface area (Å²) in [6, 6.07) is 1.98. The number of nitrogens with zero attached hydrogens (tertiary/aromatic N) is 3. The largest absolute Gasteiger partial charge is 0.475 e. The van der Waals surface area contributed by atoms with Crippen LogP contribution in [0.4, 0.5) is 0 Å². The van der Waals surface area contributed by atoms with Gasteiger partial charge in [-0.3, -0.25) is 0 Å². The summed E-state index contributed by atoms with van der Waals surface area (Å²) in [5.74, 6) is 1.45. The maximum atomic E-state index is 8.86. The molecule has 17 heavy (non-hydrogen) atoms. The minimum Gasteiger partial charge on any atom is -0.475 e. The molecule has 2 atom stereocenters. The summed E-state index contributed by atoms with van der Waals surface area (Å²) < 4.78 is 5.61. The molecule has 2 unspecified atom stereocenters. The van der Waals surface area contributed by atoms with E-state index in [9.17, 15) is 0 Å². The zero-order chi connectivity index (χ0) is 12.1. The second kappa shape index (κ2) is 5.44. The van der Waals surface area contributed by atoms with Crippen LogP contribution < -0.4 is 4.74 Å². The van der Waals surface area contributed by atoms with Crippen molar-refractivity contribution >= 4 is 0 Å². The fourth-order valence-corrected chi connectivity index (χ4v) is 1.93. The Morgan fingerprint density at radius 1 is 1.35 bits per heavy atom. The van der Waals surface area contributed by atoms with Gasteiger partial charge in [0.05, 0.1) is 6.61 Å². The Labute approximate surface area is 101 Å². The molecule has 0 N–H and O–H groups in total. The van der Waals surface area contributed by atoms with Crippen LogP contribution in [0.5, 0.6) is 5.88 Å². The third-order valence-electron chi connectivity index (χ3n) is 3.12. The molecular formula is C13H15N3O. The summed E-state index contributed by atoms with van der Waals surface area (Å²) in [5, 5.41) is 8.86. The predicted molar refractivity (Wildman–Crippen MR) is 63.3 cm³/mol. The minimum atomic E-state index is 0.256. The second-order valence-electron chi connectivity index (χ2n) is 4.31. The Hall–Kier alpha value is -1.89. The van der Waals surface area contributed by atoms with E-state index >= 15 is 0 Å². The zero-order valence-corrected chi connectivity index (χ0v) is 9.84. The highest BCUT2D eigenvalue weighted by Crippen LogP contribution is 2.25. The van der Waals surface area contributed by atoms with Gasteiger partial charge >= 0.3 is 0 Å². The lowest BCUT2D eigenvalue weighted by molar-refractivity contribution is 0.191. The van der Waals surface area contributed by atoms with Crippen molar-refractivity contribution in [3.8, 4) is 11.9 Å². The van der Waals surface area contributed by atoms with Gasteiger partial charge in [0.15, 0.2) is 0 Å². The predicted octanol–water partition coefficient (Wildman–Crippen LogP) is 2.33. The topological polar surface area (TPSA) is 58.8 Å². The molecule has 1 aliphatic carbocycles. The Bertz CT molecular complexity index is 450. The van der Waals surface area contributed by atoms with Crippen LogP contribution in [-0.4, -0.2) is 16.6 Å². The first-order valence-corrected chi connectivity index (χ1v) is 5.80. The van der Waals surface area contributed by atoms with Crippen molar-refractivity contribution in [2.75, 3.05) is 6.61 Å². The first-order valence-electron chi connectivity index (χ1n) is 5.80. The molecule has 0 saturated heterocycles. The third kappa shape index (κ3) is 2.82. The van der Waals surface area contributed by atoms with Crippen LogP contribution in [0.15, 0.2) is 24.5 Å². The van der Waals surface area contributed by atoms with E-state index in [1.807, 2.05) is 6.07 Å². The van der Waals surface area contributed by atoms with Gasteiger partial charge in [-0.2, -0.15) is 5.26 Å². The van der Waals surface area contributed by atoms with Crippen molar-refractivity contribution in [2.45, 2.75) is 19.8 Å². The maximum absolute atomic E-state index is 8.86. The highest BCUT2D eigenvalue weighted by atomic mass is 16.5. The number of allylic oxidation sites excluding steroid dienone is 2. The number of hydrogen-bond donors (Lipinski definition) is 0. The first-order chi connectivity index (χ1) is 8.31. The van der Waals surface area contributed by atoms with Gasteiger partial charge in [-0.05, 0) is 24.7 Å². The second-order valence-corrected chi connectivity index (χ2v) is 4.31. The van der Waals surface area contributed by atoms with Crippen LogP contribution in [0.25, 0.3) is 0 Å². The van der Waals surface area contributed by atoms with E-state index in [0.717, 1.165) is 12.8 Å². The van der Waals surface area contributed by atoms with E-state index < -0.39 is 0 Å². The van der Waals surface area contributed by atoms with E-state index in [1.54, 1.807) is 6.20 Å². The van der Waals surface area contributed by atoms with Crippen LogP contribution in [-0.2, 0) is 0 Å². The zero-order valence-electron chi connectivity index (χ0n) is 9.84. The van der Waals surface area contributed by atoms with Crippen molar-refractivity contribution in [2.24, 2.45) is 11.8 Å². The van der Waals surface area contributed by atoms with E-state index in [-0.39, 0.29) is 5.69 Å². The van der Waals surface area contributed by atoms with Crippen LogP contribution in [0.1, 0.15) is 25.5 Å². The summed E-state index contributed by atoms with van der Waals surface area (Å²) in [6.45, 7) is 2.82. The molecule has 0 fully saturated rings. The van der Waals surface area contributed by atoms with Gasteiger partial charge in [0.25, 0.3) is 5.88 Å². The SMILES string of the molecule is CC1CC=CCC1COc1nccnc1C#N. The molecule has 0 aromatic carbocycles. The summed E-state index contributed by atoms with van der Waals surface area (Å²) in [4.78, 5) is 7.95. The molecule has 1 aromatic rings. The van der Waals surface area contributed by atoms with Gasteiger partial charge < -0.3 is 4.74 Å². The molecule has 0 spiro atoms. The van der Waals surface area contributed by atoms with E-state index in [0.29, 0.717) is 24.3 Å². The van der Waals surface area contributed by atoms with Gasteiger partial charge in [-0.1, -0.05) is 19.1 Å². The molecule has 0 saturated carbocycles. The average Bonchev–Trinajstić information content (AvgIpc) is 2.38. The van der Waals surface area contributed by atoms with Crippen LogP contribution in [0.2, 0.25) is 0 Å². The Morgan fingerprint density at radius 3 is 2.88 bits per heavy atom. The molecule has 1 aliphatic rings. The molecule has 2 rings (SSSR count). The summed E-state index contributed by atoms with van der Waals surface area (Å²) in [5.41, 5.74) is 0.256. The monoisotopic (exact) mass is 229 g/mol. The molecule has 88 valence electrons. The molecule has 4 heteroatoms. The molecule has 1 heterocycles. The lowest BCUT2D eigenvalue weighted by Gasteiger charge is -2.24. The van der Waals surface area contributed by atoms with E-state index in [4.69, 9.17) is 10.00 Å². The number of ether oxygens (including phenoxy) is 1. The highest BCUT2D eigenvalue weighted by Gasteiger charge is 2.19. The Kier molecular flexibility index (Phi) is 3.71. The van der Waals surface area contributed by atoms with Crippen molar-refractivity contribution in [1.82, 2.24) is 9.97 Å². The van der Waals surface area contributed by atoms with Gasteiger partial charge in [0.2, 0.25) is 5.69 Å². The third-order valence-corrected chi connectivity index (χ3v) is 3.12. The molecule has 0 amide bonds. The van der Waals surface area contributed by atoms with Gasteiger partial charge in [0, 0.05) is 12.4 Å². The number of aromatic nitrogens is 2. The standard InChI is InChI=1S/C13H15N3O/c1-10-4-2-3-5-11(10)9-17-13-12(8-14)15-6-7-16-13/h2-3,6-7,10-11H,4-5,9H2,1H3. The molecule has 0 aliphatic heterocycles. The summed E-state index contributed by atoms with van der Waals surface area (Å²) >= 11 is 0. The maximum Gasteiger partial charge on any atom is 0.251 e. The minimum absolute atomic E-state index is 0.256. The molecular weight excluding hydrogens is 214 g/mol. The molecule has 4 nitrogen and oxygen atoms in total. The Balaban J connectivity index is 1.98. The normalized spacial score (nSPS) is 23.1. The van der Waals surface area contributed by atoms with Gasteiger partial charge in [-0.15, -0.1) is 0 Å².